The molecule has 1 aromatic rings. The van der Waals surface area contributed by atoms with Crippen molar-refractivity contribution in [1.82, 2.24) is 0 Å². The van der Waals surface area contributed by atoms with Gasteiger partial charge in [-0.2, -0.15) is 13.2 Å². The molecule has 0 amide bonds. The highest BCUT2D eigenvalue weighted by atomic mass is 32.2. The van der Waals surface area contributed by atoms with Crippen molar-refractivity contribution in [2.45, 2.75) is 26.1 Å². The Morgan fingerprint density at radius 1 is 1.30 bits per heavy atom. The number of halogens is 4. The zero-order valence-electron chi connectivity index (χ0n) is 11.0. The zero-order valence-corrected chi connectivity index (χ0v) is 11.8. The largest absolute Gasteiger partial charge is 0.416 e. The van der Waals surface area contributed by atoms with Crippen LogP contribution >= 0.6 is 11.8 Å². The minimum atomic E-state index is -4.49. The molecule has 0 fully saturated rings. The Hall–Kier alpha value is -1.24. The molecule has 2 rings (SSSR count). The number of hydrogen-bond donors (Lipinski definition) is 1. The summed E-state index contributed by atoms with van der Waals surface area (Å²) >= 11 is 1.38. The number of anilines is 1. The third-order valence-corrected chi connectivity index (χ3v) is 4.34. The van der Waals surface area contributed by atoms with Crippen molar-refractivity contribution in [2.24, 2.45) is 10.9 Å². The Kier molecular flexibility index (Phi) is 4.27. The maximum Gasteiger partial charge on any atom is 0.416 e. The Morgan fingerprint density at radius 2 is 2.00 bits per heavy atom. The smallest absolute Gasteiger partial charge is 0.333 e. The summed E-state index contributed by atoms with van der Waals surface area (Å²) < 4.78 is 51.4. The first-order valence-electron chi connectivity index (χ1n) is 6.11. The molecular weight excluding hydrogens is 292 g/mol. The van der Waals surface area contributed by atoms with E-state index in [-0.39, 0.29) is 11.7 Å². The molecule has 0 saturated carbocycles. The summed E-state index contributed by atoms with van der Waals surface area (Å²) in [4.78, 5) is 4.31. The lowest BCUT2D eigenvalue weighted by Crippen LogP contribution is -2.25. The Labute approximate surface area is 118 Å². The summed E-state index contributed by atoms with van der Waals surface area (Å²) in [6.45, 7) is 3.97. The molecule has 0 aliphatic carbocycles. The van der Waals surface area contributed by atoms with Crippen LogP contribution in [0.4, 0.5) is 23.2 Å². The van der Waals surface area contributed by atoms with Crippen LogP contribution < -0.4 is 5.32 Å². The topological polar surface area (TPSA) is 24.4 Å². The van der Waals surface area contributed by atoms with Crippen molar-refractivity contribution in [1.29, 1.82) is 0 Å². The first-order chi connectivity index (χ1) is 9.27. The number of rotatable bonds is 1. The van der Waals surface area contributed by atoms with Gasteiger partial charge in [0.05, 0.1) is 17.3 Å². The highest BCUT2D eigenvalue weighted by Gasteiger charge is 2.31. The Bertz CT molecular complexity index is 528. The van der Waals surface area contributed by atoms with Gasteiger partial charge in [0.15, 0.2) is 5.17 Å². The molecule has 1 aromatic carbocycles. The molecule has 0 bridgehead atoms. The van der Waals surface area contributed by atoms with Crippen LogP contribution in [0.25, 0.3) is 0 Å². The molecule has 0 spiro atoms. The minimum absolute atomic E-state index is 0.0626. The van der Waals surface area contributed by atoms with Crippen molar-refractivity contribution in [2.75, 3.05) is 11.1 Å². The fraction of sp³-hybridized carbons (Fsp3) is 0.462. The van der Waals surface area contributed by atoms with Crippen LogP contribution in [0, 0.1) is 11.7 Å². The van der Waals surface area contributed by atoms with E-state index in [4.69, 9.17) is 0 Å². The van der Waals surface area contributed by atoms with Crippen LogP contribution in [-0.2, 0) is 6.18 Å². The summed E-state index contributed by atoms with van der Waals surface area (Å²) in [5.74, 6) is 0.456. The first kappa shape index (κ1) is 15.2. The number of nitrogens with zero attached hydrogens (tertiary/aromatic N) is 1. The molecule has 0 saturated heterocycles. The number of nitrogens with one attached hydrogen (secondary N) is 1. The monoisotopic (exact) mass is 306 g/mol. The van der Waals surface area contributed by atoms with Gasteiger partial charge in [0.1, 0.15) is 5.82 Å². The van der Waals surface area contributed by atoms with Crippen LogP contribution in [-0.4, -0.2) is 17.0 Å². The molecule has 7 heteroatoms. The van der Waals surface area contributed by atoms with E-state index in [2.05, 4.69) is 10.3 Å². The molecule has 0 aromatic heterocycles. The average Bonchev–Trinajstić information content (AvgIpc) is 2.35. The molecule has 20 heavy (non-hydrogen) atoms. The molecule has 1 aliphatic rings. The standard InChI is InChI=1S/C13H14F4N2S/c1-7-6-20-12(18-8(7)2)19-11-5-9(13(15,16)17)3-4-10(11)14/h3-5,7-8H,6H2,1-2H3,(H,18,19). The summed E-state index contributed by atoms with van der Waals surface area (Å²) in [6, 6.07) is 2.36. The van der Waals surface area contributed by atoms with Crippen LogP contribution in [0.3, 0.4) is 0 Å². The molecule has 0 radical (unpaired) electrons. The average molecular weight is 306 g/mol. The van der Waals surface area contributed by atoms with Gasteiger partial charge in [-0.15, -0.1) is 0 Å². The second-order valence-electron chi connectivity index (χ2n) is 4.78. The van der Waals surface area contributed by atoms with Gasteiger partial charge in [0.2, 0.25) is 0 Å². The lowest BCUT2D eigenvalue weighted by Gasteiger charge is -2.24. The van der Waals surface area contributed by atoms with Gasteiger partial charge < -0.3 is 5.32 Å². The number of alkyl halides is 3. The molecule has 110 valence electrons. The Morgan fingerprint density at radius 3 is 2.60 bits per heavy atom. The Balaban J connectivity index is 2.23. The van der Waals surface area contributed by atoms with E-state index in [9.17, 15) is 17.6 Å². The van der Waals surface area contributed by atoms with Crippen molar-refractivity contribution >= 4 is 22.6 Å². The van der Waals surface area contributed by atoms with Crippen LogP contribution in [0.2, 0.25) is 0 Å². The summed E-state index contributed by atoms with van der Waals surface area (Å²) in [7, 11) is 0. The predicted molar refractivity (Wildman–Crippen MR) is 73.5 cm³/mol. The molecule has 1 heterocycles. The second kappa shape index (κ2) is 5.63. The zero-order chi connectivity index (χ0) is 14.9. The van der Waals surface area contributed by atoms with Crippen LogP contribution in [0.5, 0.6) is 0 Å². The third kappa shape index (κ3) is 3.45. The van der Waals surface area contributed by atoms with Crippen molar-refractivity contribution in [3.8, 4) is 0 Å². The lowest BCUT2D eigenvalue weighted by atomic mass is 10.1. The van der Waals surface area contributed by atoms with E-state index in [1.165, 1.54) is 11.8 Å². The van der Waals surface area contributed by atoms with Crippen molar-refractivity contribution < 1.29 is 17.6 Å². The number of hydrogen-bond acceptors (Lipinski definition) is 3. The van der Waals surface area contributed by atoms with E-state index in [1.54, 1.807) is 0 Å². The van der Waals surface area contributed by atoms with Gasteiger partial charge in [0.25, 0.3) is 0 Å². The summed E-state index contributed by atoms with van der Waals surface area (Å²) in [5, 5.41) is 3.10. The quantitative estimate of drug-likeness (QED) is 0.778. The van der Waals surface area contributed by atoms with E-state index >= 15 is 0 Å². The molecule has 1 N–H and O–H groups in total. The highest BCUT2D eigenvalue weighted by Crippen LogP contribution is 2.32. The van der Waals surface area contributed by atoms with E-state index in [1.807, 2.05) is 13.8 Å². The number of amidine groups is 1. The van der Waals surface area contributed by atoms with Gasteiger partial charge in [-0.25, -0.2) is 4.39 Å². The third-order valence-electron chi connectivity index (χ3n) is 3.16. The number of benzene rings is 1. The number of aliphatic imine (C=N–C) groups is 1. The van der Waals surface area contributed by atoms with E-state index < -0.39 is 17.6 Å². The van der Waals surface area contributed by atoms with Gasteiger partial charge in [-0.3, -0.25) is 4.99 Å². The fourth-order valence-electron chi connectivity index (χ4n) is 1.68. The van der Waals surface area contributed by atoms with E-state index in [0.29, 0.717) is 11.1 Å². The lowest BCUT2D eigenvalue weighted by molar-refractivity contribution is -0.137. The fourth-order valence-corrected chi connectivity index (χ4v) is 2.80. The van der Waals surface area contributed by atoms with Gasteiger partial charge >= 0.3 is 6.18 Å². The maximum atomic E-state index is 13.6. The van der Waals surface area contributed by atoms with Crippen molar-refractivity contribution in [3.63, 3.8) is 0 Å². The van der Waals surface area contributed by atoms with Crippen LogP contribution in [0.1, 0.15) is 19.4 Å². The minimum Gasteiger partial charge on any atom is -0.333 e. The maximum absolute atomic E-state index is 13.6. The van der Waals surface area contributed by atoms with Gasteiger partial charge in [0, 0.05) is 5.75 Å². The molecular formula is C13H14F4N2S. The molecule has 2 nitrogen and oxygen atoms in total. The van der Waals surface area contributed by atoms with Crippen LogP contribution in [0.15, 0.2) is 23.2 Å². The highest BCUT2D eigenvalue weighted by molar-refractivity contribution is 8.14. The molecule has 2 atom stereocenters. The SMILES string of the molecule is CC1CSC(Nc2cc(C(F)(F)F)ccc2F)=NC1C. The predicted octanol–water partition coefficient (Wildman–Crippen LogP) is 4.38. The summed E-state index contributed by atoms with van der Waals surface area (Å²) in [5.41, 5.74) is -1.09. The second-order valence-corrected chi connectivity index (χ2v) is 5.79. The van der Waals surface area contributed by atoms with Gasteiger partial charge in [-0.1, -0.05) is 18.7 Å². The van der Waals surface area contributed by atoms with E-state index in [0.717, 1.165) is 24.0 Å². The molecule has 2 unspecified atom stereocenters. The van der Waals surface area contributed by atoms with Crippen molar-refractivity contribution in [3.05, 3.63) is 29.6 Å². The van der Waals surface area contributed by atoms with Gasteiger partial charge in [-0.05, 0) is 31.0 Å². The number of thioether (sulfide) groups is 1. The molecule has 1 aliphatic heterocycles. The first-order valence-corrected chi connectivity index (χ1v) is 7.10. The normalized spacial score (nSPS) is 23.4. The summed E-state index contributed by atoms with van der Waals surface area (Å²) in [6.07, 6.45) is -4.49.